The van der Waals surface area contributed by atoms with Crippen LogP contribution in [-0.4, -0.2) is 39.5 Å². The average molecular weight is 357 g/mol. The molecule has 21 heavy (non-hydrogen) atoms. The minimum atomic E-state index is -0.861. The fraction of sp³-hybridized carbons (Fsp3) is 0.500. The zero-order valence-corrected chi connectivity index (χ0v) is 13.3. The Morgan fingerprint density at radius 3 is 2.71 bits per heavy atom. The molecule has 0 bridgehead atoms. The highest BCUT2D eigenvalue weighted by Gasteiger charge is 2.44. The summed E-state index contributed by atoms with van der Waals surface area (Å²) in [6.45, 7) is 2.38. The summed E-state index contributed by atoms with van der Waals surface area (Å²) in [6, 6.07) is 3.00. The summed E-state index contributed by atoms with van der Waals surface area (Å²) in [6.07, 6.45) is 2.50. The van der Waals surface area contributed by atoms with Gasteiger partial charge in [-0.3, -0.25) is 14.4 Å². The van der Waals surface area contributed by atoms with Gasteiger partial charge in [0.05, 0.1) is 5.41 Å². The molecule has 1 unspecified atom stereocenters. The minimum absolute atomic E-state index is 0.0717. The van der Waals surface area contributed by atoms with Gasteiger partial charge in [0.1, 0.15) is 6.54 Å². The lowest BCUT2D eigenvalue weighted by Crippen LogP contribution is -2.39. The van der Waals surface area contributed by atoms with Crippen LogP contribution in [0.25, 0.3) is 0 Å². The van der Waals surface area contributed by atoms with E-state index in [2.05, 4.69) is 15.9 Å². The zero-order valence-electron chi connectivity index (χ0n) is 11.7. The van der Waals surface area contributed by atoms with Crippen molar-refractivity contribution < 1.29 is 14.7 Å². The first-order valence-electron chi connectivity index (χ1n) is 6.75. The number of carboxylic acid groups (broad SMARTS) is 1. The molecule has 1 amide bonds. The number of amides is 1. The van der Waals surface area contributed by atoms with Gasteiger partial charge in [0, 0.05) is 29.8 Å². The van der Waals surface area contributed by atoms with Crippen molar-refractivity contribution in [2.75, 3.05) is 13.1 Å². The summed E-state index contributed by atoms with van der Waals surface area (Å²) < 4.78 is 2.03. The van der Waals surface area contributed by atoms with Crippen LogP contribution in [0.3, 0.4) is 0 Å². The first kappa shape index (κ1) is 15.8. The van der Waals surface area contributed by atoms with E-state index in [0.717, 1.165) is 0 Å². The third-order valence-corrected chi connectivity index (χ3v) is 4.56. The Hall–Kier alpha value is -1.63. The molecule has 0 aliphatic carbocycles. The van der Waals surface area contributed by atoms with Crippen LogP contribution in [0.4, 0.5) is 0 Å². The first-order chi connectivity index (χ1) is 9.88. The van der Waals surface area contributed by atoms with Crippen molar-refractivity contribution in [2.45, 2.75) is 26.3 Å². The molecule has 1 aliphatic heterocycles. The summed E-state index contributed by atoms with van der Waals surface area (Å²) in [5.74, 6) is -1.09. The van der Waals surface area contributed by atoms with Gasteiger partial charge in [-0.1, -0.05) is 6.92 Å². The van der Waals surface area contributed by atoms with E-state index in [1.807, 2.05) is 6.92 Å². The van der Waals surface area contributed by atoms with Crippen LogP contribution in [0.5, 0.6) is 0 Å². The Labute approximate surface area is 130 Å². The number of carbonyl (C=O) groups is 2. The van der Waals surface area contributed by atoms with Crippen molar-refractivity contribution in [2.24, 2.45) is 5.41 Å². The van der Waals surface area contributed by atoms with Crippen LogP contribution in [-0.2, 0) is 16.1 Å². The maximum atomic E-state index is 12.3. The van der Waals surface area contributed by atoms with Gasteiger partial charge >= 0.3 is 5.97 Å². The number of carbonyl (C=O) groups excluding carboxylic acids is 1. The molecule has 2 heterocycles. The molecule has 1 fully saturated rings. The van der Waals surface area contributed by atoms with E-state index < -0.39 is 11.4 Å². The molecule has 1 aromatic rings. The van der Waals surface area contributed by atoms with Crippen LogP contribution in [0.1, 0.15) is 19.8 Å². The number of rotatable bonds is 4. The summed E-state index contributed by atoms with van der Waals surface area (Å²) >= 11 is 3.26. The quantitative estimate of drug-likeness (QED) is 0.882. The number of hydrogen-bond acceptors (Lipinski definition) is 3. The molecule has 7 heteroatoms. The van der Waals surface area contributed by atoms with Gasteiger partial charge in [-0.05, 0) is 34.8 Å². The van der Waals surface area contributed by atoms with Crippen molar-refractivity contribution >= 4 is 27.8 Å². The predicted molar refractivity (Wildman–Crippen MR) is 80.0 cm³/mol. The molecule has 6 nitrogen and oxygen atoms in total. The molecule has 0 radical (unpaired) electrons. The average Bonchev–Trinajstić information content (AvgIpc) is 2.89. The number of halogens is 1. The molecule has 0 saturated carbocycles. The van der Waals surface area contributed by atoms with Crippen molar-refractivity contribution in [1.82, 2.24) is 9.47 Å². The predicted octanol–water partition coefficient (Wildman–Crippen LogP) is 1.32. The summed E-state index contributed by atoms with van der Waals surface area (Å²) in [5.41, 5.74) is -1.11. The van der Waals surface area contributed by atoms with Crippen molar-refractivity contribution in [3.63, 3.8) is 0 Å². The SMILES string of the molecule is CCC1(C(=O)O)CCN(C(=O)Cn2cc(Br)ccc2=O)C1. The fourth-order valence-corrected chi connectivity index (χ4v) is 2.95. The van der Waals surface area contributed by atoms with Crippen LogP contribution < -0.4 is 5.56 Å². The van der Waals surface area contributed by atoms with Crippen molar-refractivity contribution in [3.8, 4) is 0 Å². The topological polar surface area (TPSA) is 79.6 Å². The van der Waals surface area contributed by atoms with Gasteiger partial charge in [0.2, 0.25) is 5.91 Å². The molecular weight excluding hydrogens is 340 g/mol. The molecule has 1 saturated heterocycles. The van der Waals surface area contributed by atoms with Crippen molar-refractivity contribution in [1.29, 1.82) is 0 Å². The lowest BCUT2D eigenvalue weighted by Gasteiger charge is -2.23. The summed E-state index contributed by atoms with van der Waals surface area (Å²) in [5, 5.41) is 9.33. The zero-order chi connectivity index (χ0) is 15.6. The van der Waals surface area contributed by atoms with Crippen LogP contribution in [0.2, 0.25) is 0 Å². The van der Waals surface area contributed by atoms with Gasteiger partial charge in [-0.25, -0.2) is 0 Å². The Kier molecular flexibility index (Phi) is 4.51. The number of carboxylic acids is 1. The first-order valence-corrected chi connectivity index (χ1v) is 7.54. The Bertz CT molecular complexity index is 628. The second kappa shape index (κ2) is 6.01. The van der Waals surface area contributed by atoms with E-state index in [4.69, 9.17) is 0 Å². The maximum absolute atomic E-state index is 12.3. The number of aliphatic carboxylic acids is 1. The standard InChI is InChI=1S/C14H17BrN2O4/c1-2-14(13(20)21)5-6-16(9-14)12(19)8-17-7-10(15)3-4-11(17)18/h3-4,7H,2,5-6,8-9H2,1H3,(H,20,21). The molecule has 114 valence electrons. The monoisotopic (exact) mass is 356 g/mol. The molecule has 1 N–H and O–H groups in total. The molecule has 2 rings (SSSR count). The number of hydrogen-bond donors (Lipinski definition) is 1. The van der Waals surface area contributed by atoms with Crippen molar-refractivity contribution in [3.05, 3.63) is 33.2 Å². The van der Waals surface area contributed by atoms with Gasteiger partial charge in [-0.2, -0.15) is 0 Å². The van der Waals surface area contributed by atoms with E-state index in [-0.39, 0.29) is 24.6 Å². The molecule has 0 spiro atoms. The second-order valence-corrected chi connectivity index (χ2v) is 6.23. The highest BCUT2D eigenvalue weighted by atomic mass is 79.9. The van der Waals surface area contributed by atoms with Crippen LogP contribution in [0.15, 0.2) is 27.6 Å². The molecular formula is C14H17BrN2O4. The number of likely N-dealkylation sites (tertiary alicyclic amines) is 1. The number of aromatic nitrogens is 1. The van der Waals surface area contributed by atoms with E-state index in [1.54, 1.807) is 12.3 Å². The molecule has 1 aromatic heterocycles. The number of pyridine rings is 1. The third-order valence-electron chi connectivity index (χ3n) is 4.09. The largest absolute Gasteiger partial charge is 0.481 e. The smallest absolute Gasteiger partial charge is 0.311 e. The Morgan fingerprint density at radius 2 is 2.14 bits per heavy atom. The van der Waals surface area contributed by atoms with E-state index in [1.165, 1.54) is 15.5 Å². The molecule has 1 aliphatic rings. The lowest BCUT2D eigenvalue weighted by atomic mass is 9.84. The molecule has 0 aromatic carbocycles. The third kappa shape index (κ3) is 3.18. The number of nitrogens with zero attached hydrogens (tertiary/aromatic N) is 2. The van der Waals surface area contributed by atoms with Gasteiger partial charge in [-0.15, -0.1) is 0 Å². The van der Waals surface area contributed by atoms with E-state index in [9.17, 15) is 19.5 Å². The van der Waals surface area contributed by atoms with Crippen LogP contribution in [0, 0.1) is 5.41 Å². The molecule has 1 atom stereocenters. The van der Waals surface area contributed by atoms with Crippen LogP contribution >= 0.6 is 15.9 Å². The van der Waals surface area contributed by atoms with E-state index >= 15 is 0 Å². The highest BCUT2D eigenvalue weighted by Crippen LogP contribution is 2.34. The normalized spacial score (nSPS) is 21.5. The maximum Gasteiger partial charge on any atom is 0.311 e. The minimum Gasteiger partial charge on any atom is -0.481 e. The summed E-state index contributed by atoms with van der Waals surface area (Å²) in [7, 11) is 0. The van der Waals surface area contributed by atoms with Gasteiger partial charge < -0.3 is 14.6 Å². The summed E-state index contributed by atoms with van der Waals surface area (Å²) in [4.78, 5) is 36.9. The fourth-order valence-electron chi connectivity index (χ4n) is 2.57. The highest BCUT2D eigenvalue weighted by molar-refractivity contribution is 9.10. The second-order valence-electron chi connectivity index (χ2n) is 5.32. The van der Waals surface area contributed by atoms with Gasteiger partial charge in [0.15, 0.2) is 0 Å². The Morgan fingerprint density at radius 1 is 1.43 bits per heavy atom. The van der Waals surface area contributed by atoms with E-state index in [0.29, 0.717) is 23.9 Å². The van der Waals surface area contributed by atoms with Gasteiger partial charge in [0.25, 0.3) is 5.56 Å². The Balaban J connectivity index is 2.10. The lowest BCUT2D eigenvalue weighted by molar-refractivity contribution is -0.148.